The molecule has 0 radical (unpaired) electrons. The van der Waals surface area contributed by atoms with Gasteiger partial charge in [0.05, 0.1) is 6.20 Å². The maximum atomic E-state index is 10.6. The minimum absolute atomic E-state index is 0.0969. The highest BCUT2D eigenvalue weighted by atomic mass is 32.1. The summed E-state index contributed by atoms with van der Waals surface area (Å²) in [5.74, 6) is -0.634. The maximum Gasteiger partial charge on any atom is 0.260 e. The average Bonchev–Trinajstić information content (AvgIpc) is 2.34. The summed E-state index contributed by atoms with van der Waals surface area (Å²) in [6.45, 7) is 0. The second-order valence-electron chi connectivity index (χ2n) is 1.91. The first-order chi connectivity index (χ1) is 5.59. The van der Waals surface area contributed by atoms with Crippen molar-refractivity contribution in [3.8, 4) is 0 Å². The first-order valence-corrected chi connectivity index (χ1v) is 3.76. The number of amides is 1. The van der Waals surface area contributed by atoms with Crippen molar-refractivity contribution in [2.45, 2.75) is 0 Å². The van der Waals surface area contributed by atoms with E-state index in [1.807, 2.05) is 0 Å². The van der Waals surface area contributed by atoms with Gasteiger partial charge in [-0.1, -0.05) is 11.3 Å². The Morgan fingerprint density at radius 2 is 2.17 bits per heavy atom. The average molecular weight is 185 g/mol. The molecule has 0 saturated carbocycles. The number of aromatic nitrogens is 1. The van der Waals surface area contributed by atoms with Crippen molar-refractivity contribution in [3.05, 3.63) is 11.1 Å². The van der Waals surface area contributed by atoms with Crippen LogP contribution >= 0.6 is 11.3 Å². The van der Waals surface area contributed by atoms with E-state index in [9.17, 15) is 4.79 Å². The monoisotopic (exact) mass is 185 g/mol. The van der Waals surface area contributed by atoms with Crippen LogP contribution in [0.3, 0.4) is 0 Å². The van der Waals surface area contributed by atoms with Crippen molar-refractivity contribution < 1.29 is 4.79 Å². The number of nitrogens with zero attached hydrogens (tertiary/aromatic N) is 2. The molecule has 1 rings (SSSR count). The number of carbonyl (C=O) groups excluding carboxylic acids is 1. The van der Waals surface area contributed by atoms with Crippen LogP contribution in [0, 0.1) is 0 Å². The van der Waals surface area contributed by atoms with Crippen LogP contribution < -0.4 is 17.2 Å². The summed E-state index contributed by atoms with van der Waals surface area (Å²) < 4.78 is 0. The van der Waals surface area contributed by atoms with Crippen molar-refractivity contribution in [1.82, 2.24) is 4.98 Å². The van der Waals surface area contributed by atoms with E-state index >= 15 is 0 Å². The second kappa shape index (κ2) is 3.18. The first-order valence-electron chi connectivity index (χ1n) is 2.95. The topological polar surface area (TPSA) is 120 Å². The molecule has 0 aliphatic heterocycles. The minimum atomic E-state index is -0.537. The summed E-state index contributed by atoms with van der Waals surface area (Å²) in [4.78, 5) is 18.3. The molecule has 64 valence electrons. The van der Waals surface area contributed by atoms with E-state index in [1.54, 1.807) is 0 Å². The minimum Gasteiger partial charge on any atom is -0.370 e. The number of carbonyl (C=O) groups is 1. The predicted molar refractivity (Wildman–Crippen MR) is 46.1 cm³/mol. The summed E-state index contributed by atoms with van der Waals surface area (Å²) in [5, 5.41) is 0.323. The molecular weight excluding hydrogens is 178 g/mol. The lowest BCUT2D eigenvalue weighted by Crippen LogP contribution is -2.21. The molecular formula is C5H7N5OS. The Labute approximate surface area is 72.1 Å². The van der Waals surface area contributed by atoms with Crippen LogP contribution in [0.4, 0.5) is 5.13 Å². The zero-order valence-corrected chi connectivity index (χ0v) is 6.84. The van der Waals surface area contributed by atoms with Crippen LogP contribution in [-0.4, -0.2) is 16.9 Å². The number of nitrogens with two attached hydrogens (primary N) is 3. The van der Waals surface area contributed by atoms with Crippen LogP contribution in [0.25, 0.3) is 0 Å². The Balaban J connectivity index is 2.92. The third-order valence-corrected chi connectivity index (χ3v) is 1.87. The maximum absolute atomic E-state index is 10.6. The number of rotatable bonds is 2. The number of guanidine groups is 1. The molecule has 12 heavy (non-hydrogen) atoms. The van der Waals surface area contributed by atoms with Crippen molar-refractivity contribution in [2.75, 3.05) is 0 Å². The molecule has 1 aromatic heterocycles. The van der Waals surface area contributed by atoms with Gasteiger partial charge in [-0.3, -0.25) is 4.79 Å². The van der Waals surface area contributed by atoms with Crippen molar-refractivity contribution >= 4 is 28.3 Å². The van der Waals surface area contributed by atoms with Crippen LogP contribution in [-0.2, 0) is 0 Å². The molecule has 0 spiro atoms. The Hall–Kier alpha value is -1.63. The summed E-state index contributed by atoms with van der Waals surface area (Å²) in [6, 6.07) is 0. The van der Waals surface area contributed by atoms with Gasteiger partial charge < -0.3 is 17.2 Å². The van der Waals surface area contributed by atoms with Gasteiger partial charge in [-0.25, -0.2) is 4.98 Å². The summed E-state index contributed by atoms with van der Waals surface area (Å²) in [5.41, 5.74) is 15.2. The second-order valence-corrected chi connectivity index (χ2v) is 2.92. The quantitative estimate of drug-likeness (QED) is 0.410. The number of primary amides is 1. The molecule has 0 unspecified atom stereocenters. The zero-order valence-electron chi connectivity index (χ0n) is 6.02. The molecule has 7 heteroatoms. The smallest absolute Gasteiger partial charge is 0.260 e. The van der Waals surface area contributed by atoms with E-state index in [2.05, 4.69) is 9.98 Å². The van der Waals surface area contributed by atoms with Crippen LogP contribution in [0.15, 0.2) is 11.2 Å². The molecule has 1 heterocycles. The van der Waals surface area contributed by atoms with Gasteiger partial charge in [-0.2, -0.15) is 4.99 Å². The SMILES string of the molecule is NC(=O)c1cnc(N=C(N)N)s1. The van der Waals surface area contributed by atoms with Crippen LogP contribution in [0.2, 0.25) is 0 Å². The van der Waals surface area contributed by atoms with Gasteiger partial charge in [0.15, 0.2) is 5.96 Å². The van der Waals surface area contributed by atoms with E-state index in [1.165, 1.54) is 6.20 Å². The van der Waals surface area contributed by atoms with Crippen LogP contribution in [0.1, 0.15) is 9.67 Å². The number of aliphatic imine (C=N–C) groups is 1. The number of hydrogen-bond donors (Lipinski definition) is 3. The third kappa shape index (κ3) is 1.92. The zero-order chi connectivity index (χ0) is 9.14. The lowest BCUT2D eigenvalue weighted by Gasteiger charge is -1.85. The molecule has 0 saturated heterocycles. The van der Waals surface area contributed by atoms with Gasteiger partial charge in [0, 0.05) is 0 Å². The molecule has 6 nitrogen and oxygen atoms in total. The summed E-state index contributed by atoms with van der Waals surface area (Å²) in [6.07, 6.45) is 1.33. The molecule has 6 N–H and O–H groups in total. The largest absolute Gasteiger partial charge is 0.370 e. The number of hydrogen-bond acceptors (Lipinski definition) is 4. The first kappa shape index (κ1) is 8.47. The Kier molecular flexibility index (Phi) is 2.24. The molecule has 0 bridgehead atoms. The van der Waals surface area contributed by atoms with Crippen molar-refractivity contribution in [3.63, 3.8) is 0 Å². The lowest BCUT2D eigenvalue weighted by atomic mass is 10.5. The van der Waals surface area contributed by atoms with E-state index in [4.69, 9.17) is 17.2 Å². The van der Waals surface area contributed by atoms with E-state index in [0.29, 0.717) is 10.0 Å². The highest BCUT2D eigenvalue weighted by Gasteiger charge is 2.05. The van der Waals surface area contributed by atoms with Gasteiger partial charge in [-0.05, 0) is 0 Å². The van der Waals surface area contributed by atoms with Crippen molar-refractivity contribution in [2.24, 2.45) is 22.2 Å². The normalized spacial score (nSPS) is 9.33. The number of thiazole rings is 1. The van der Waals surface area contributed by atoms with Crippen molar-refractivity contribution in [1.29, 1.82) is 0 Å². The van der Waals surface area contributed by atoms with Gasteiger partial charge in [0.2, 0.25) is 5.13 Å². The fourth-order valence-corrected chi connectivity index (χ4v) is 1.20. The highest BCUT2D eigenvalue weighted by molar-refractivity contribution is 7.17. The van der Waals surface area contributed by atoms with Gasteiger partial charge in [0.1, 0.15) is 4.88 Å². The highest BCUT2D eigenvalue weighted by Crippen LogP contribution is 2.19. The van der Waals surface area contributed by atoms with E-state index in [0.717, 1.165) is 11.3 Å². The van der Waals surface area contributed by atoms with Gasteiger partial charge >= 0.3 is 0 Å². The summed E-state index contributed by atoms with van der Waals surface area (Å²) in [7, 11) is 0. The van der Waals surface area contributed by atoms with Gasteiger partial charge in [0.25, 0.3) is 5.91 Å². The summed E-state index contributed by atoms with van der Waals surface area (Å²) >= 11 is 1.04. The predicted octanol–water partition coefficient (Wildman–Crippen LogP) is -0.853. The fraction of sp³-hybridized carbons (Fsp3) is 0. The standard InChI is InChI=1S/C5H7N5OS/c6-3(11)2-1-9-5(12-2)10-4(7)8/h1H,(H2,6,11)(H4,7,8,9,10). The van der Waals surface area contributed by atoms with Gasteiger partial charge in [-0.15, -0.1) is 0 Å². The van der Waals surface area contributed by atoms with E-state index < -0.39 is 5.91 Å². The molecule has 1 aromatic rings. The molecule has 0 fully saturated rings. The Morgan fingerprint density at radius 1 is 1.50 bits per heavy atom. The third-order valence-electron chi connectivity index (χ3n) is 0.961. The molecule has 0 aromatic carbocycles. The molecule has 0 atom stereocenters. The molecule has 1 amide bonds. The fourth-order valence-electron chi connectivity index (χ4n) is 0.541. The van der Waals surface area contributed by atoms with Crippen LogP contribution in [0.5, 0.6) is 0 Å². The molecule has 0 aliphatic carbocycles. The Bertz CT molecular complexity index is 326. The van der Waals surface area contributed by atoms with E-state index in [-0.39, 0.29) is 5.96 Å². The lowest BCUT2D eigenvalue weighted by molar-refractivity contribution is 0.100. The Morgan fingerprint density at radius 3 is 2.58 bits per heavy atom. The molecule has 0 aliphatic rings.